The summed E-state index contributed by atoms with van der Waals surface area (Å²) in [6.45, 7) is 4.29. The molecule has 0 saturated heterocycles. The van der Waals surface area contributed by atoms with Crippen LogP contribution in [0.25, 0.3) is 0 Å². The van der Waals surface area contributed by atoms with Crippen LogP contribution in [0, 0.1) is 5.92 Å². The number of hydrogen-bond donors (Lipinski definition) is 3. The van der Waals surface area contributed by atoms with E-state index in [1.54, 1.807) is 0 Å². The summed E-state index contributed by atoms with van der Waals surface area (Å²) in [6, 6.07) is 0. The quantitative estimate of drug-likeness (QED) is 0.388. The molecule has 0 radical (unpaired) electrons. The van der Waals surface area contributed by atoms with Gasteiger partial charge in [0.25, 0.3) is 0 Å². The second kappa shape index (κ2) is 4.96. The maximum atomic E-state index is 9.35. The third-order valence-corrected chi connectivity index (χ3v) is 1.76. The highest BCUT2D eigenvalue weighted by molar-refractivity contribution is 5.75. The minimum absolute atomic E-state index is 0.0346. The van der Waals surface area contributed by atoms with Gasteiger partial charge in [-0.3, -0.25) is 4.99 Å². The molecule has 4 nitrogen and oxygen atoms in total. The Kier molecular flexibility index (Phi) is 4.61. The molecule has 0 aromatic rings. The number of aliphatic imine (C=N–C) groups is 1. The van der Waals surface area contributed by atoms with Crippen LogP contribution < -0.4 is 11.5 Å². The zero-order chi connectivity index (χ0) is 8.85. The smallest absolute Gasteiger partial charge is 0.185 e. The van der Waals surface area contributed by atoms with Gasteiger partial charge in [-0.25, -0.2) is 0 Å². The fraction of sp³-hybridized carbons (Fsp3) is 0.857. The third kappa shape index (κ3) is 4.61. The molecular formula is C7H17N3O. The maximum absolute atomic E-state index is 9.35. The minimum atomic E-state index is -0.429. The Morgan fingerprint density at radius 3 is 2.45 bits per heavy atom. The second-order valence-corrected chi connectivity index (χ2v) is 2.72. The average molecular weight is 159 g/mol. The Labute approximate surface area is 67.3 Å². The molecule has 0 saturated carbocycles. The number of rotatable bonds is 4. The predicted octanol–water partition coefficient (Wildman–Crippen LogP) is -0.333. The van der Waals surface area contributed by atoms with Crippen molar-refractivity contribution in [2.75, 3.05) is 6.54 Å². The van der Waals surface area contributed by atoms with Crippen molar-refractivity contribution in [1.29, 1.82) is 0 Å². The molecule has 0 rings (SSSR count). The fourth-order valence-electron chi connectivity index (χ4n) is 0.651. The Hall–Kier alpha value is -0.770. The second-order valence-electron chi connectivity index (χ2n) is 2.72. The van der Waals surface area contributed by atoms with Gasteiger partial charge in [-0.1, -0.05) is 20.3 Å². The summed E-state index contributed by atoms with van der Waals surface area (Å²) in [7, 11) is 0. The summed E-state index contributed by atoms with van der Waals surface area (Å²) >= 11 is 0. The van der Waals surface area contributed by atoms with Gasteiger partial charge in [0.1, 0.15) is 0 Å². The summed E-state index contributed by atoms with van der Waals surface area (Å²) < 4.78 is 0. The van der Waals surface area contributed by atoms with Gasteiger partial charge in [0.15, 0.2) is 5.96 Å². The predicted molar refractivity (Wildman–Crippen MR) is 46.1 cm³/mol. The van der Waals surface area contributed by atoms with Crippen LogP contribution in [0.1, 0.15) is 20.3 Å². The first-order chi connectivity index (χ1) is 5.07. The molecule has 66 valence electrons. The van der Waals surface area contributed by atoms with Gasteiger partial charge < -0.3 is 16.6 Å². The molecular weight excluding hydrogens is 142 g/mol. The number of guanidine groups is 1. The van der Waals surface area contributed by atoms with Crippen molar-refractivity contribution in [3.05, 3.63) is 0 Å². The number of nitrogens with two attached hydrogens (primary N) is 2. The van der Waals surface area contributed by atoms with Crippen molar-refractivity contribution in [1.82, 2.24) is 0 Å². The van der Waals surface area contributed by atoms with Gasteiger partial charge in [-0.05, 0) is 5.92 Å². The average Bonchev–Trinajstić information content (AvgIpc) is 1.98. The molecule has 0 amide bonds. The van der Waals surface area contributed by atoms with E-state index in [9.17, 15) is 5.11 Å². The van der Waals surface area contributed by atoms with E-state index in [1.165, 1.54) is 0 Å². The van der Waals surface area contributed by atoms with Crippen LogP contribution in [0.5, 0.6) is 0 Å². The van der Waals surface area contributed by atoms with Crippen LogP contribution in [0.2, 0.25) is 0 Å². The van der Waals surface area contributed by atoms with Crippen molar-refractivity contribution >= 4 is 5.96 Å². The summed E-state index contributed by atoms with van der Waals surface area (Å²) in [4.78, 5) is 3.72. The van der Waals surface area contributed by atoms with Crippen LogP contribution in [0.3, 0.4) is 0 Å². The normalized spacial score (nSPS) is 15.5. The van der Waals surface area contributed by atoms with Gasteiger partial charge in [0.05, 0.1) is 12.6 Å². The topological polar surface area (TPSA) is 84.6 Å². The summed E-state index contributed by atoms with van der Waals surface area (Å²) in [6.07, 6.45) is 0.503. The van der Waals surface area contributed by atoms with E-state index in [-0.39, 0.29) is 11.9 Å². The highest BCUT2D eigenvalue weighted by atomic mass is 16.3. The Balaban J connectivity index is 3.68. The van der Waals surface area contributed by atoms with E-state index in [4.69, 9.17) is 11.5 Å². The van der Waals surface area contributed by atoms with Crippen molar-refractivity contribution in [3.63, 3.8) is 0 Å². The molecule has 0 aliphatic heterocycles. The fourth-order valence-corrected chi connectivity index (χ4v) is 0.651. The van der Waals surface area contributed by atoms with Crippen molar-refractivity contribution in [2.24, 2.45) is 22.4 Å². The number of aliphatic hydroxyl groups excluding tert-OH is 1. The van der Waals surface area contributed by atoms with Gasteiger partial charge in [-0.15, -0.1) is 0 Å². The summed E-state index contributed by atoms with van der Waals surface area (Å²) in [5.74, 6) is 0.283. The first kappa shape index (κ1) is 10.2. The van der Waals surface area contributed by atoms with Crippen molar-refractivity contribution < 1.29 is 5.11 Å². The molecule has 0 heterocycles. The van der Waals surface area contributed by atoms with Crippen LogP contribution in [-0.2, 0) is 0 Å². The van der Waals surface area contributed by atoms with Gasteiger partial charge in [-0.2, -0.15) is 0 Å². The lowest BCUT2D eigenvalue weighted by molar-refractivity contribution is 0.123. The SMILES string of the molecule is CCC(C)C(O)CN=C(N)N. The van der Waals surface area contributed by atoms with E-state index >= 15 is 0 Å². The van der Waals surface area contributed by atoms with Crippen LogP contribution in [-0.4, -0.2) is 23.7 Å². The van der Waals surface area contributed by atoms with Crippen LogP contribution in [0.15, 0.2) is 4.99 Å². The van der Waals surface area contributed by atoms with Crippen LogP contribution >= 0.6 is 0 Å². The van der Waals surface area contributed by atoms with Gasteiger partial charge >= 0.3 is 0 Å². The number of hydrogen-bond acceptors (Lipinski definition) is 2. The molecule has 0 spiro atoms. The zero-order valence-electron chi connectivity index (χ0n) is 7.12. The van der Waals surface area contributed by atoms with Crippen molar-refractivity contribution in [3.8, 4) is 0 Å². The molecule has 0 aliphatic rings. The largest absolute Gasteiger partial charge is 0.391 e. The first-order valence-corrected chi connectivity index (χ1v) is 3.81. The van der Waals surface area contributed by atoms with Gasteiger partial charge in [0, 0.05) is 0 Å². The van der Waals surface area contributed by atoms with Gasteiger partial charge in [0.2, 0.25) is 0 Å². The Morgan fingerprint density at radius 2 is 2.09 bits per heavy atom. The zero-order valence-corrected chi connectivity index (χ0v) is 7.12. The van der Waals surface area contributed by atoms with Crippen LogP contribution in [0.4, 0.5) is 0 Å². The molecule has 0 aromatic carbocycles. The Morgan fingerprint density at radius 1 is 1.55 bits per heavy atom. The maximum Gasteiger partial charge on any atom is 0.185 e. The lowest BCUT2D eigenvalue weighted by atomic mass is 10.0. The molecule has 0 aliphatic carbocycles. The van der Waals surface area contributed by atoms with E-state index < -0.39 is 6.10 Å². The summed E-state index contributed by atoms with van der Waals surface area (Å²) in [5.41, 5.74) is 10.2. The highest BCUT2D eigenvalue weighted by Crippen LogP contribution is 2.06. The molecule has 0 aromatic heterocycles. The molecule has 4 heteroatoms. The molecule has 0 bridgehead atoms. The third-order valence-electron chi connectivity index (χ3n) is 1.76. The van der Waals surface area contributed by atoms with E-state index in [0.717, 1.165) is 6.42 Å². The molecule has 5 N–H and O–H groups in total. The van der Waals surface area contributed by atoms with E-state index in [1.807, 2.05) is 13.8 Å². The minimum Gasteiger partial charge on any atom is -0.391 e. The van der Waals surface area contributed by atoms with E-state index in [0.29, 0.717) is 6.54 Å². The number of nitrogens with zero attached hydrogens (tertiary/aromatic N) is 1. The molecule has 2 atom stereocenters. The molecule has 11 heavy (non-hydrogen) atoms. The first-order valence-electron chi connectivity index (χ1n) is 3.81. The molecule has 2 unspecified atom stereocenters. The van der Waals surface area contributed by atoms with Crippen molar-refractivity contribution in [2.45, 2.75) is 26.4 Å². The van der Waals surface area contributed by atoms with E-state index in [2.05, 4.69) is 4.99 Å². The highest BCUT2D eigenvalue weighted by Gasteiger charge is 2.10. The molecule has 0 fully saturated rings. The Bertz CT molecular complexity index is 132. The lowest BCUT2D eigenvalue weighted by Gasteiger charge is -2.14. The lowest BCUT2D eigenvalue weighted by Crippen LogP contribution is -2.27. The monoisotopic (exact) mass is 159 g/mol. The standard InChI is InChI=1S/C7H17N3O/c1-3-5(2)6(11)4-10-7(8)9/h5-6,11H,3-4H2,1-2H3,(H4,8,9,10). The summed E-state index contributed by atoms with van der Waals surface area (Å²) in [5, 5.41) is 9.35. The number of aliphatic hydroxyl groups is 1.